The van der Waals surface area contributed by atoms with Crippen molar-refractivity contribution in [2.24, 2.45) is 0 Å². The fraction of sp³-hybridized carbons (Fsp3) is 0.238. The molecule has 10 heteroatoms. The van der Waals surface area contributed by atoms with Crippen molar-refractivity contribution < 1.29 is 28.5 Å². The number of nitrogens with zero attached hydrogens (tertiary/aromatic N) is 2. The molecule has 0 saturated carbocycles. The van der Waals surface area contributed by atoms with Crippen molar-refractivity contribution in [3.63, 3.8) is 0 Å². The Bertz CT molecular complexity index is 1050. The summed E-state index contributed by atoms with van der Waals surface area (Å²) in [5.74, 6) is 0.500. The molecular formula is C21H22N4O6. The average molecular weight is 426 g/mol. The normalized spacial score (nSPS) is 10.3. The number of carbonyl (C=O) groups is 2. The SMILES string of the molecule is CCOC(=O)c1n[nH]nc1-c1ccc(OCC(=O)Nc2ccc(OC)cc2)c(OC)c1. The van der Waals surface area contributed by atoms with Crippen LogP contribution < -0.4 is 19.5 Å². The second-order valence-corrected chi connectivity index (χ2v) is 6.17. The van der Waals surface area contributed by atoms with E-state index >= 15 is 0 Å². The third-order valence-corrected chi connectivity index (χ3v) is 4.19. The van der Waals surface area contributed by atoms with E-state index in [1.54, 1.807) is 56.5 Å². The first kappa shape index (κ1) is 21.6. The van der Waals surface area contributed by atoms with Gasteiger partial charge in [-0.15, -0.1) is 5.10 Å². The largest absolute Gasteiger partial charge is 0.497 e. The molecule has 10 nitrogen and oxygen atoms in total. The summed E-state index contributed by atoms with van der Waals surface area (Å²) in [6.45, 7) is 1.71. The van der Waals surface area contributed by atoms with E-state index in [0.717, 1.165) is 0 Å². The van der Waals surface area contributed by atoms with Gasteiger partial charge in [0.15, 0.2) is 23.8 Å². The first-order chi connectivity index (χ1) is 15.0. The van der Waals surface area contributed by atoms with E-state index in [2.05, 4.69) is 20.7 Å². The summed E-state index contributed by atoms with van der Waals surface area (Å²) in [4.78, 5) is 24.2. The number of hydrogen-bond donors (Lipinski definition) is 2. The maximum Gasteiger partial charge on any atom is 0.361 e. The highest BCUT2D eigenvalue weighted by atomic mass is 16.5. The number of benzene rings is 2. The lowest BCUT2D eigenvalue weighted by molar-refractivity contribution is -0.118. The molecule has 2 aromatic carbocycles. The van der Waals surface area contributed by atoms with Gasteiger partial charge in [0.05, 0.1) is 20.8 Å². The summed E-state index contributed by atoms with van der Waals surface area (Å²) in [6, 6.07) is 11.9. The fourth-order valence-electron chi connectivity index (χ4n) is 2.72. The average Bonchev–Trinajstić information content (AvgIpc) is 3.28. The number of amides is 1. The molecule has 0 atom stereocenters. The highest BCUT2D eigenvalue weighted by Gasteiger charge is 2.20. The first-order valence-electron chi connectivity index (χ1n) is 9.38. The smallest absolute Gasteiger partial charge is 0.361 e. The Hall–Kier alpha value is -4.08. The Morgan fingerprint density at radius 3 is 2.45 bits per heavy atom. The van der Waals surface area contributed by atoms with Crippen molar-refractivity contribution in [2.75, 3.05) is 32.8 Å². The minimum Gasteiger partial charge on any atom is -0.497 e. The van der Waals surface area contributed by atoms with Gasteiger partial charge in [-0.2, -0.15) is 10.3 Å². The quantitative estimate of drug-likeness (QED) is 0.501. The van der Waals surface area contributed by atoms with E-state index < -0.39 is 5.97 Å². The number of rotatable bonds is 9. The summed E-state index contributed by atoms with van der Waals surface area (Å²) >= 11 is 0. The van der Waals surface area contributed by atoms with Crippen molar-refractivity contribution in [1.29, 1.82) is 0 Å². The van der Waals surface area contributed by atoms with Gasteiger partial charge in [0.25, 0.3) is 5.91 Å². The molecule has 0 fully saturated rings. The zero-order valence-corrected chi connectivity index (χ0v) is 17.3. The van der Waals surface area contributed by atoms with Crippen molar-refractivity contribution in [1.82, 2.24) is 15.4 Å². The molecule has 162 valence electrons. The Morgan fingerprint density at radius 2 is 1.77 bits per heavy atom. The summed E-state index contributed by atoms with van der Waals surface area (Å²) in [5.41, 5.74) is 1.58. The van der Waals surface area contributed by atoms with Crippen LogP contribution in [0.4, 0.5) is 5.69 Å². The van der Waals surface area contributed by atoms with Gasteiger partial charge in [-0.25, -0.2) is 4.79 Å². The van der Waals surface area contributed by atoms with Crippen molar-refractivity contribution >= 4 is 17.6 Å². The van der Waals surface area contributed by atoms with Gasteiger partial charge in [-0.1, -0.05) is 0 Å². The maximum atomic E-state index is 12.2. The van der Waals surface area contributed by atoms with Crippen LogP contribution in [0.2, 0.25) is 0 Å². The summed E-state index contributed by atoms with van der Waals surface area (Å²) in [7, 11) is 3.04. The van der Waals surface area contributed by atoms with Gasteiger partial charge in [-0.05, 0) is 49.4 Å². The van der Waals surface area contributed by atoms with E-state index in [1.807, 2.05) is 0 Å². The fourth-order valence-corrected chi connectivity index (χ4v) is 2.72. The number of anilines is 1. The lowest BCUT2D eigenvalue weighted by Gasteiger charge is -2.12. The monoisotopic (exact) mass is 426 g/mol. The van der Waals surface area contributed by atoms with Crippen LogP contribution in [-0.4, -0.2) is 54.7 Å². The molecule has 0 aliphatic carbocycles. The molecule has 0 spiro atoms. The van der Waals surface area contributed by atoms with Crippen LogP contribution in [0.5, 0.6) is 17.2 Å². The molecule has 3 rings (SSSR count). The minimum atomic E-state index is -0.583. The highest BCUT2D eigenvalue weighted by molar-refractivity contribution is 5.94. The van der Waals surface area contributed by atoms with E-state index in [4.69, 9.17) is 18.9 Å². The molecule has 31 heavy (non-hydrogen) atoms. The number of nitrogens with one attached hydrogen (secondary N) is 2. The van der Waals surface area contributed by atoms with Gasteiger partial charge < -0.3 is 24.3 Å². The van der Waals surface area contributed by atoms with Crippen molar-refractivity contribution in [2.45, 2.75) is 6.92 Å². The van der Waals surface area contributed by atoms with E-state index in [1.165, 1.54) is 7.11 Å². The van der Waals surface area contributed by atoms with Gasteiger partial charge >= 0.3 is 5.97 Å². The molecule has 3 aromatic rings. The molecule has 0 aliphatic heterocycles. The van der Waals surface area contributed by atoms with E-state index in [0.29, 0.717) is 34.2 Å². The molecule has 2 N–H and O–H groups in total. The topological polar surface area (TPSA) is 125 Å². The van der Waals surface area contributed by atoms with Gasteiger partial charge in [0.2, 0.25) is 0 Å². The number of esters is 1. The Labute approximate surface area is 178 Å². The molecule has 0 bridgehead atoms. The lowest BCUT2D eigenvalue weighted by atomic mass is 10.1. The summed E-state index contributed by atoms with van der Waals surface area (Å²) < 4.78 is 21.0. The summed E-state index contributed by atoms with van der Waals surface area (Å²) in [5, 5.41) is 13.0. The molecule has 0 radical (unpaired) electrons. The van der Waals surface area contributed by atoms with Crippen molar-refractivity contribution in [3.8, 4) is 28.5 Å². The molecule has 1 amide bonds. The van der Waals surface area contributed by atoms with Crippen LogP contribution in [0, 0.1) is 0 Å². The Balaban J connectivity index is 1.68. The van der Waals surface area contributed by atoms with Crippen LogP contribution in [0.25, 0.3) is 11.3 Å². The van der Waals surface area contributed by atoms with Crippen LogP contribution in [0.1, 0.15) is 17.4 Å². The van der Waals surface area contributed by atoms with Crippen LogP contribution in [0.15, 0.2) is 42.5 Å². The second-order valence-electron chi connectivity index (χ2n) is 6.17. The highest BCUT2D eigenvalue weighted by Crippen LogP contribution is 2.32. The molecule has 1 heterocycles. The standard InChI is InChI=1S/C21H22N4O6/c1-4-30-21(27)20-19(23-25-24-20)13-5-10-16(17(11-13)29-3)31-12-18(26)22-14-6-8-15(28-2)9-7-14/h5-11H,4,12H2,1-3H3,(H,22,26)(H,23,24,25). The van der Waals surface area contributed by atoms with Crippen LogP contribution in [0.3, 0.4) is 0 Å². The number of methoxy groups -OCH3 is 2. The molecule has 0 aliphatic rings. The predicted octanol–water partition coefficient (Wildman–Crippen LogP) is 2.68. The lowest BCUT2D eigenvalue weighted by Crippen LogP contribution is -2.20. The summed E-state index contributed by atoms with van der Waals surface area (Å²) in [6.07, 6.45) is 0. The number of ether oxygens (including phenoxy) is 4. The van der Waals surface area contributed by atoms with Gasteiger partial charge in [-0.3, -0.25) is 4.79 Å². The minimum absolute atomic E-state index is 0.0661. The van der Waals surface area contributed by atoms with Gasteiger partial charge in [0, 0.05) is 11.3 Å². The maximum absolute atomic E-state index is 12.2. The molecule has 1 aromatic heterocycles. The number of carbonyl (C=O) groups excluding carboxylic acids is 2. The third kappa shape index (κ3) is 5.30. The zero-order chi connectivity index (χ0) is 22.2. The number of aromatic amines is 1. The van der Waals surface area contributed by atoms with Crippen LogP contribution in [-0.2, 0) is 9.53 Å². The second kappa shape index (κ2) is 10.1. The Morgan fingerprint density at radius 1 is 1.00 bits per heavy atom. The van der Waals surface area contributed by atoms with E-state index in [9.17, 15) is 9.59 Å². The van der Waals surface area contributed by atoms with Crippen molar-refractivity contribution in [3.05, 3.63) is 48.2 Å². The Kier molecular flexibility index (Phi) is 7.05. The third-order valence-electron chi connectivity index (χ3n) is 4.19. The van der Waals surface area contributed by atoms with Crippen LogP contribution >= 0.6 is 0 Å². The first-order valence-corrected chi connectivity index (χ1v) is 9.38. The zero-order valence-electron chi connectivity index (χ0n) is 17.3. The molecular weight excluding hydrogens is 404 g/mol. The van der Waals surface area contributed by atoms with E-state index in [-0.39, 0.29) is 24.8 Å². The number of aromatic nitrogens is 3. The predicted molar refractivity (Wildman–Crippen MR) is 111 cm³/mol. The number of H-pyrrole nitrogens is 1. The molecule has 0 unspecified atom stereocenters. The number of hydrogen-bond acceptors (Lipinski definition) is 8. The van der Waals surface area contributed by atoms with Gasteiger partial charge in [0.1, 0.15) is 11.4 Å². The molecule has 0 saturated heterocycles.